The number of hydrogen-bond donors (Lipinski definition) is 0. The number of hydrogen-bond acceptors (Lipinski definition) is 2. The SMILES string of the molecule is C=CCN(CC=C)C(=O)Cn1ccc(C)cc1=O. The number of pyridine rings is 1. The van der Waals surface area contributed by atoms with Crippen molar-refractivity contribution in [3.8, 4) is 0 Å². The van der Waals surface area contributed by atoms with Crippen LogP contribution in [0.1, 0.15) is 5.56 Å². The molecule has 1 rings (SSSR count). The van der Waals surface area contributed by atoms with Gasteiger partial charge in [-0.3, -0.25) is 9.59 Å². The Kier molecular flexibility index (Phi) is 5.11. The van der Waals surface area contributed by atoms with E-state index in [-0.39, 0.29) is 18.0 Å². The van der Waals surface area contributed by atoms with Gasteiger partial charge < -0.3 is 9.47 Å². The van der Waals surface area contributed by atoms with Gasteiger partial charge in [-0.15, -0.1) is 13.2 Å². The molecule has 0 spiro atoms. The fraction of sp³-hybridized carbons (Fsp3) is 0.286. The molecule has 0 aliphatic rings. The monoisotopic (exact) mass is 246 g/mol. The topological polar surface area (TPSA) is 42.3 Å². The van der Waals surface area contributed by atoms with E-state index in [0.29, 0.717) is 13.1 Å². The highest BCUT2D eigenvalue weighted by molar-refractivity contribution is 5.76. The van der Waals surface area contributed by atoms with Crippen molar-refractivity contribution in [1.29, 1.82) is 0 Å². The summed E-state index contributed by atoms with van der Waals surface area (Å²) in [6, 6.07) is 3.32. The zero-order valence-corrected chi connectivity index (χ0v) is 10.6. The highest BCUT2D eigenvalue weighted by atomic mass is 16.2. The van der Waals surface area contributed by atoms with E-state index in [1.165, 1.54) is 10.6 Å². The van der Waals surface area contributed by atoms with Gasteiger partial charge in [0.05, 0.1) is 0 Å². The van der Waals surface area contributed by atoms with Crippen molar-refractivity contribution in [1.82, 2.24) is 9.47 Å². The molecule has 1 heterocycles. The van der Waals surface area contributed by atoms with Gasteiger partial charge in [0.15, 0.2) is 0 Å². The van der Waals surface area contributed by atoms with Crippen LogP contribution in [0.4, 0.5) is 0 Å². The average molecular weight is 246 g/mol. The molecule has 0 atom stereocenters. The maximum atomic E-state index is 12.0. The summed E-state index contributed by atoms with van der Waals surface area (Å²) in [5.74, 6) is -0.124. The highest BCUT2D eigenvalue weighted by Crippen LogP contribution is 1.96. The van der Waals surface area contributed by atoms with Crippen LogP contribution >= 0.6 is 0 Å². The molecule has 4 nitrogen and oxygen atoms in total. The lowest BCUT2D eigenvalue weighted by Crippen LogP contribution is -2.36. The van der Waals surface area contributed by atoms with Crippen molar-refractivity contribution >= 4 is 5.91 Å². The Morgan fingerprint density at radius 1 is 1.39 bits per heavy atom. The molecule has 0 aliphatic carbocycles. The molecule has 1 amide bonds. The van der Waals surface area contributed by atoms with Crippen LogP contribution in [0, 0.1) is 6.92 Å². The second-order valence-electron chi connectivity index (χ2n) is 4.05. The van der Waals surface area contributed by atoms with E-state index in [2.05, 4.69) is 13.2 Å². The molecule has 0 aliphatic heterocycles. The molecule has 0 fully saturated rings. The van der Waals surface area contributed by atoms with Gasteiger partial charge in [0.2, 0.25) is 5.91 Å². The van der Waals surface area contributed by atoms with E-state index in [9.17, 15) is 9.59 Å². The number of amides is 1. The summed E-state index contributed by atoms with van der Waals surface area (Å²) in [4.78, 5) is 25.3. The first-order valence-corrected chi connectivity index (χ1v) is 5.75. The van der Waals surface area contributed by atoms with Gasteiger partial charge in [-0.05, 0) is 18.6 Å². The van der Waals surface area contributed by atoms with Crippen LogP contribution in [0.2, 0.25) is 0 Å². The van der Waals surface area contributed by atoms with Crippen LogP contribution in [0.15, 0.2) is 48.4 Å². The normalized spacial score (nSPS) is 9.83. The molecule has 0 bridgehead atoms. The molecular weight excluding hydrogens is 228 g/mol. The van der Waals surface area contributed by atoms with Crippen LogP contribution in [-0.2, 0) is 11.3 Å². The number of rotatable bonds is 6. The summed E-state index contributed by atoms with van der Waals surface area (Å²) in [5, 5.41) is 0. The first-order chi connectivity index (χ1) is 8.58. The maximum Gasteiger partial charge on any atom is 0.251 e. The zero-order chi connectivity index (χ0) is 13.5. The number of carbonyl (C=O) groups is 1. The second kappa shape index (κ2) is 6.59. The molecule has 4 heteroatoms. The first kappa shape index (κ1) is 14.0. The van der Waals surface area contributed by atoms with Gasteiger partial charge in [0.25, 0.3) is 5.56 Å². The van der Waals surface area contributed by atoms with E-state index in [1.54, 1.807) is 29.3 Å². The van der Waals surface area contributed by atoms with E-state index in [1.807, 2.05) is 6.92 Å². The van der Waals surface area contributed by atoms with Gasteiger partial charge in [0, 0.05) is 25.4 Å². The van der Waals surface area contributed by atoms with Crippen molar-refractivity contribution in [3.63, 3.8) is 0 Å². The fourth-order valence-corrected chi connectivity index (χ4v) is 1.57. The van der Waals surface area contributed by atoms with E-state index in [4.69, 9.17) is 0 Å². The second-order valence-corrected chi connectivity index (χ2v) is 4.05. The van der Waals surface area contributed by atoms with Crippen molar-refractivity contribution in [2.75, 3.05) is 13.1 Å². The van der Waals surface area contributed by atoms with Crippen molar-refractivity contribution in [3.05, 3.63) is 59.6 Å². The highest BCUT2D eigenvalue weighted by Gasteiger charge is 2.11. The Hall–Kier alpha value is -2.10. The third-order valence-corrected chi connectivity index (χ3v) is 2.51. The summed E-state index contributed by atoms with van der Waals surface area (Å²) in [6.07, 6.45) is 4.94. The summed E-state index contributed by atoms with van der Waals surface area (Å²) in [7, 11) is 0. The van der Waals surface area contributed by atoms with Gasteiger partial charge in [-0.25, -0.2) is 0 Å². The molecule has 0 saturated carbocycles. The molecule has 1 aromatic rings. The van der Waals surface area contributed by atoms with Gasteiger partial charge in [-0.2, -0.15) is 0 Å². The Bertz CT molecular complexity index is 493. The summed E-state index contributed by atoms with van der Waals surface area (Å²) >= 11 is 0. The minimum atomic E-state index is -0.166. The molecule has 1 aromatic heterocycles. The minimum absolute atomic E-state index is 0.0425. The number of aryl methyl sites for hydroxylation is 1. The number of nitrogens with zero attached hydrogens (tertiary/aromatic N) is 2. The van der Waals surface area contributed by atoms with Crippen LogP contribution in [-0.4, -0.2) is 28.5 Å². The lowest BCUT2D eigenvalue weighted by Gasteiger charge is -2.19. The van der Waals surface area contributed by atoms with Crippen LogP contribution < -0.4 is 5.56 Å². The van der Waals surface area contributed by atoms with E-state index < -0.39 is 0 Å². The Morgan fingerprint density at radius 3 is 2.50 bits per heavy atom. The quantitative estimate of drug-likeness (QED) is 0.711. The zero-order valence-electron chi connectivity index (χ0n) is 10.6. The third kappa shape index (κ3) is 3.73. The number of carbonyl (C=O) groups excluding carboxylic acids is 1. The largest absolute Gasteiger partial charge is 0.334 e. The molecule has 0 saturated heterocycles. The molecular formula is C14H18N2O2. The van der Waals surface area contributed by atoms with Gasteiger partial charge >= 0.3 is 0 Å². The Morgan fingerprint density at radius 2 is 2.00 bits per heavy atom. The Balaban J connectivity index is 2.81. The van der Waals surface area contributed by atoms with E-state index in [0.717, 1.165) is 5.56 Å². The lowest BCUT2D eigenvalue weighted by atomic mass is 10.3. The lowest BCUT2D eigenvalue weighted by molar-refractivity contribution is -0.130. The summed E-state index contributed by atoms with van der Waals surface area (Å²) in [5.41, 5.74) is 0.721. The molecule has 0 aromatic carbocycles. The van der Waals surface area contributed by atoms with Crippen molar-refractivity contribution in [2.24, 2.45) is 0 Å². The van der Waals surface area contributed by atoms with Crippen LogP contribution in [0.3, 0.4) is 0 Å². The maximum absolute atomic E-state index is 12.0. The Labute approximate surface area is 107 Å². The molecule has 18 heavy (non-hydrogen) atoms. The van der Waals surface area contributed by atoms with Crippen molar-refractivity contribution < 1.29 is 4.79 Å². The average Bonchev–Trinajstić information content (AvgIpc) is 2.32. The van der Waals surface area contributed by atoms with Gasteiger partial charge in [-0.1, -0.05) is 12.2 Å². The van der Waals surface area contributed by atoms with Crippen LogP contribution in [0.5, 0.6) is 0 Å². The smallest absolute Gasteiger partial charge is 0.251 e. The van der Waals surface area contributed by atoms with Crippen molar-refractivity contribution in [2.45, 2.75) is 13.5 Å². The van der Waals surface area contributed by atoms with E-state index >= 15 is 0 Å². The summed E-state index contributed by atoms with van der Waals surface area (Å²) < 4.78 is 1.40. The fourth-order valence-electron chi connectivity index (χ4n) is 1.57. The number of aromatic nitrogens is 1. The standard InChI is InChI=1S/C14H18N2O2/c1-4-7-15(8-5-2)14(18)11-16-9-6-12(3)10-13(16)17/h4-6,9-10H,1-2,7-8,11H2,3H3. The first-order valence-electron chi connectivity index (χ1n) is 5.75. The minimum Gasteiger partial charge on any atom is -0.334 e. The molecule has 0 radical (unpaired) electrons. The van der Waals surface area contributed by atoms with Crippen LogP contribution in [0.25, 0.3) is 0 Å². The molecule has 0 N–H and O–H groups in total. The summed E-state index contributed by atoms with van der Waals surface area (Å²) in [6.45, 7) is 9.99. The molecule has 0 unspecified atom stereocenters. The predicted molar refractivity (Wildman–Crippen MR) is 72.4 cm³/mol. The molecule has 96 valence electrons. The predicted octanol–water partition coefficient (Wildman–Crippen LogP) is 1.36. The van der Waals surface area contributed by atoms with Gasteiger partial charge in [0.1, 0.15) is 6.54 Å². The third-order valence-electron chi connectivity index (χ3n) is 2.51.